The van der Waals surface area contributed by atoms with Gasteiger partial charge in [-0.3, -0.25) is 0 Å². The number of aliphatic hydroxyl groups excluding tert-OH is 2. The molecule has 0 radical (unpaired) electrons. The first-order chi connectivity index (χ1) is 15.2. The fourth-order valence-electron chi connectivity index (χ4n) is 6.82. The second-order valence-electron chi connectivity index (χ2n) is 13.3. The molecule has 194 valence electrons. The van der Waals surface area contributed by atoms with Crippen molar-refractivity contribution in [3.05, 3.63) is 0 Å². The lowest BCUT2D eigenvalue weighted by molar-refractivity contribution is -1.08. The molecule has 2 unspecified atom stereocenters. The SMILES string of the molecule is C[Si]1(C)CCCCCCC(O)C[N+]23CC[N+](CC2)(CC3)CC(O)CC[Si](C)(C)O[Si](C)(C)O1. The van der Waals surface area contributed by atoms with Crippen molar-refractivity contribution in [2.45, 2.75) is 102 Å². The summed E-state index contributed by atoms with van der Waals surface area (Å²) in [5.74, 6) is 0. The molecule has 0 aliphatic carbocycles. The fraction of sp³-hybridized carbons (Fsp3) is 1.00. The maximum absolute atomic E-state index is 11.0. The van der Waals surface area contributed by atoms with E-state index in [1.54, 1.807) is 0 Å². The molecule has 6 nitrogen and oxygen atoms in total. The molecule has 2 bridgehead atoms. The van der Waals surface area contributed by atoms with Crippen molar-refractivity contribution >= 4 is 25.2 Å². The van der Waals surface area contributed by atoms with Crippen LogP contribution in [0.5, 0.6) is 0 Å². The Balaban J connectivity index is 1.67. The van der Waals surface area contributed by atoms with Crippen LogP contribution in [-0.2, 0) is 8.23 Å². The maximum Gasteiger partial charge on any atom is 0.311 e. The lowest BCUT2D eigenvalue weighted by Gasteiger charge is -2.56. The van der Waals surface area contributed by atoms with Crippen molar-refractivity contribution in [1.82, 2.24) is 0 Å². The zero-order valence-corrected chi connectivity index (χ0v) is 25.6. The predicted molar refractivity (Wildman–Crippen MR) is 143 cm³/mol. The molecule has 0 aromatic carbocycles. The maximum atomic E-state index is 11.0. The number of nitrogens with zero attached hydrogens (tertiary/aromatic N) is 2. The Morgan fingerprint density at radius 1 is 0.576 bits per heavy atom. The highest BCUT2D eigenvalue weighted by Crippen LogP contribution is 2.30. The summed E-state index contributed by atoms with van der Waals surface area (Å²) in [5.41, 5.74) is 0. The Morgan fingerprint density at radius 3 is 1.52 bits per heavy atom. The average molecular weight is 519 g/mol. The minimum atomic E-state index is -2.19. The fourth-order valence-corrected chi connectivity index (χ4v) is 21.0. The summed E-state index contributed by atoms with van der Waals surface area (Å²) in [6.45, 7) is 22.6. The van der Waals surface area contributed by atoms with Gasteiger partial charge in [0.05, 0.1) is 0 Å². The van der Waals surface area contributed by atoms with Gasteiger partial charge in [-0.25, -0.2) is 0 Å². The summed E-state index contributed by atoms with van der Waals surface area (Å²) in [6.07, 6.45) is 6.23. The summed E-state index contributed by atoms with van der Waals surface area (Å²) < 4.78 is 15.7. The van der Waals surface area contributed by atoms with E-state index in [0.29, 0.717) is 0 Å². The van der Waals surface area contributed by atoms with Gasteiger partial charge in [-0.1, -0.05) is 25.7 Å². The Morgan fingerprint density at radius 2 is 1.00 bits per heavy atom. The number of piperazine rings is 3. The zero-order valence-electron chi connectivity index (χ0n) is 22.6. The molecule has 6 aliphatic heterocycles. The van der Waals surface area contributed by atoms with Crippen LogP contribution in [0.15, 0.2) is 0 Å². The molecule has 6 aliphatic rings. The molecule has 6 rings (SSSR count). The molecule has 6 heterocycles. The van der Waals surface area contributed by atoms with Crippen LogP contribution in [0.2, 0.25) is 51.4 Å². The van der Waals surface area contributed by atoms with E-state index in [-0.39, 0.29) is 12.2 Å². The number of hydrogen-bond donors (Lipinski definition) is 2. The second kappa shape index (κ2) is 10.8. The second-order valence-corrected chi connectivity index (χ2v) is 25.8. The Labute approximate surface area is 207 Å². The van der Waals surface area contributed by atoms with E-state index in [0.717, 1.165) is 67.0 Å². The van der Waals surface area contributed by atoms with E-state index in [9.17, 15) is 10.2 Å². The molecule has 6 saturated heterocycles. The molecule has 0 spiro atoms. The van der Waals surface area contributed by atoms with Crippen molar-refractivity contribution in [2.24, 2.45) is 0 Å². The molecule has 0 saturated carbocycles. The van der Waals surface area contributed by atoms with Crippen LogP contribution in [0, 0.1) is 0 Å². The van der Waals surface area contributed by atoms with Crippen molar-refractivity contribution in [1.29, 1.82) is 0 Å². The molecule has 2 atom stereocenters. The molecule has 0 amide bonds. The van der Waals surface area contributed by atoms with E-state index in [4.69, 9.17) is 8.23 Å². The number of rotatable bonds is 0. The standard InChI is InChI=1S/C24H54N2O4Si3/c1-31(2)19-10-8-7-9-11-23(27)21-25-13-16-26(17-14-25,18-15-25)22-24(28)12-20-32(3,4)30-33(5,6)29-31/h23-24,27-28H,7-22H2,1-6H3/q+2. The van der Waals surface area contributed by atoms with Crippen LogP contribution in [0.4, 0.5) is 0 Å². The van der Waals surface area contributed by atoms with Crippen molar-refractivity contribution in [3.63, 3.8) is 0 Å². The van der Waals surface area contributed by atoms with E-state index in [1.807, 2.05) is 0 Å². The van der Waals surface area contributed by atoms with Crippen LogP contribution in [-0.4, -0.2) is 109 Å². The minimum absolute atomic E-state index is 0.159. The van der Waals surface area contributed by atoms with Crippen molar-refractivity contribution < 1.29 is 27.4 Å². The van der Waals surface area contributed by atoms with Crippen LogP contribution in [0.25, 0.3) is 0 Å². The lowest BCUT2D eigenvalue weighted by atomic mass is 10.0. The molecular weight excluding hydrogens is 465 g/mol. The van der Waals surface area contributed by atoms with E-state index in [2.05, 4.69) is 39.3 Å². The van der Waals surface area contributed by atoms with E-state index >= 15 is 0 Å². The van der Waals surface area contributed by atoms with Crippen LogP contribution in [0.1, 0.15) is 38.5 Å². The Kier molecular flexibility index (Phi) is 9.16. The van der Waals surface area contributed by atoms with Gasteiger partial charge >= 0.3 is 8.56 Å². The number of quaternary nitrogens is 2. The molecule has 33 heavy (non-hydrogen) atoms. The first kappa shape index (κ1) is 28.0. The van der Waals surface area contributed by atoms with Gasteiger partial charge in [0, 0.05) is 0 Å². The van der Waals surface area contributed by atoms with Gasteiger partial charge in [0.15, 0.2) is 16.6 Å². The molecule has 0 aromatic rings. The first-order valence-electron chi connectivity index (χ1n) is 13.7. The summed E-state index contributed by atoms with van der Waals surface area (Å²) in [4.78, 5) is 0. The van der Waals surface area contributed by atoms with Gasteiger partial charge in [0.25, 0.3) is 0 Å². The van der Waals surface area contributed by atoms with Crippen molar-refractivity contribution in [3.8, 4) is 0 Å². The van der Waals surface area contributed by atoms with Gasteiger partial charge in [-0.05, 0) is 64.2 Å². The number of hydrogen-bond acceptors (Lipinski definition) is 4. The summed E-state index contributed by atoms with van der Waals surface area (Å²) in [6, 6.07) is 2.19. The van der Waals surface area contributed by atoms with Gasteiger partial charge in [0.2, 0.25) is 0 Å². The largest absolute Gasteiger partial charge is 0.437 e. The number of aliphatic hydroxyl groups is 2. The molecule has 9 heteroatoms. The normalized spacial score (nSPS) is 40.7. The molecule has 2 N–H and O–H groups in total. The third kappa shape index (κ3) is 8.49. The topological polar surface area (TPSA) is 58.9 Å². The Hall–Kier alpha value is 0.411. The molecule has 6 fully saturated rings. The third-order valence-electron chi connectivity index (χ3n) is 8.53. The summed E-state index contributed by atoms with van der Waals surface area (Å²) >= 11 is 0. The highest BCUT2D eigenvalue weighted by atomic mass is 28.5. The molecular formula is C24H54N2O4Si3+2. The van der Waals surface area contributed by atoms with Crippen LogP contribution >= 0.6 is 0 Å². The minimum Gasteiger partial charge on any atom is -0.437 e. The van der Waals surface area contributed by atoms with Crippen LogP contribution < -0.4 is 0 Å². The average Bonchev–Trinajstić information content (AvgIpc) is 2.68. The Bertz CT molecular complexity index is 623. The van der Waals surface area contributed by atoms with Gasteiger partial charge in [-0.15, -0.1) is 0 Å². The van der Waals surface area contributed by atoms with Gasteiger partial charge < -0.3 is 27.4 Å². The lowest BCUT2D eigenvalue weighted by Crippen LogP contribution is -2.76. The van der Waals surface area contributed by atoms with Crippen molar-refractivity contribution in [2.75, 3.05) is 52.4 Å². The summed E-state index contributed by atoms with van der Waals surface area (Å²) in [7, 11) is -5.83. The van der Waals surface area contributed by atoms with E-state index < -0.39 is 25.2 Å². The summed E-state index contributed by atoms with van der Waals surface area (Å²) in [5, 5.41) is 21.8. The van der Waals surface area contributed by atoms with Gasteiger partial charge in [-0.2, -0.15) is 0 Å². The quantitative estimate of drug-likeness (QED) is 0.378. The monoisotopic (exact) mass is 518 g/mol. The third-order valence-corrected chi connectivity index (χ3v) is 19.9. The highest BCUT2D eigenvalue weighted by Gasteiger charge is 2.50. The molecule has 0 aromatic heterocycles. The zero-order chi connectivity index (χ0) is 24.4. The van der Waals surface area contributed by atoms with E-state index in [1.165, 1.54) is 44.9 Å². The first-order valence-corrected chi connectivity index (χ1v) is 22.8. The highest BCUT2D eigenvalue weighted by molar-refractivity contribution is 6.87. The van der Waals surface area contributed by atoms with Crippen LogP contribution in [0.3, 0.4) is 0 Å². The van der Waals surface area contributed by atoms with Gasteiger partial charge in [0.1, 0.15) is 64.6 Å². The predicted octanol–water partition coefficient (Wildman–Crippen LogP) is 3.87. The smallest absolute Gasteiger partial charge is 0.311 e.